The van der Waals surface area contributed by atoms with E-state index >= 15 is 0 Å². The number of hydrogen-bond acceptors (Lipinski definition) is 6. The van der Waals surface area contributed by atoms with Gasteiger partial charge in [-0.3, -0.25) is 19.0 Å². The van der Waals surface area contributed by atoms with Gasteiger partial charge in [0.25, 0.3) is 5.56 Å². The Labute approximate surface area is 190 Å². The number of thioether (sulfide) groups is 1. The van der Waals surface area contributed by atoms with E-state index in [0.29, 0.717) is 16.1 Å². The van der Waals surface area contributed by atoms with Crippen LogP contribution in [0.2, 0.25) is 0 Å². The first-order valence-electron chi connectivity index (χ1n) is 10.7. The topological polar surface area (TPSA) is 81.5 Å². The number of benzene rings is 2. The van der Waals surface area contributed by atoms with Crippen LogP contribution in [0.3, 0.4) is 0 Å². The molecule has 1 amide bonds. The first-order chi connectivity index (χ1) is 15.6. The number of aromatic nitrogens is 2. The van der Waals surface area contributed by atoms with Gasteiger partial charge in [-0.15, -0.1) is 0 Å². The number of amides is 1. The number of esters is 1. The summed E-state index contributed by atoms with van der Waals surface area (Å²) in [5.74, 6) is -0.394. The summed E-state index contributed by atoms with van der Waals surface area (Å²) in [5, 5.41) is 0.356. The van der Waals surface area contributed by atoms with Crippen molar-refractivity contribution in [1.29, 1.82) is 0 Å². The van der Waals surface area contributed by atoms with Crippen LogP contribution in [0.1, 0.15) is 30.1 Å². The van der Waals surface area contributed by atoms with Crippen LogP contribution in [0.15, 0.2) is 64.5 Å². The van der Waals surface area contributed by atoms with E-state index in [2.05, 4.69) is 0 Å². The summed E-state index contributed by atoms with van der Waals surface area (Å²) < 4.78 is 6.24. The van der Waals surface area contributed by atoms with Crippen LogP contribution >= 0.6 is 11.8 Å². The lowest BCUT2D eigenvalue weighted by molar-refractivity contribution is -0.141. The van der Waals surface area contributed by atoms with Gasteiger partial charge in [0, 0.05) is 19.6 Å². The first kappa shape index (κ1) is 22.1. The number of hydrogen-bond donors (Lipinski definition) is 0. The molecule has 1 atom stereocenters. The number of para-hydroxylation sites is 1. The Hall–Kier alpha value is -3.13. The van der Waals surface area contributed by atoms with Gasteiger partial charge in [-0.2, -0.15) is 0 Å². The van der Waals surface area contributed by atoms with Gasteiger partial charge in [0.05, 0.1) is 24.4 Å². The Kier molecular flexibility index (Phi) is 6.90. The standard InChI is InChI=1S/C24H25N3O4S/c1-31-20(28)13-16-27-22(29)18-11-5-6-12-19(18)25-24(27)32-21(17-9-3-2-4-10-17)23(30)26-14-7-8-15-26/h2-6,9-12,21H,7-8,13-16H2,1H3/t21-/m1/s1. The smallest absolute Gasteiger partial charge is 0.307 e. The molecule has 0 N–H and O–H groups in total. The maximum Gasteiger partial charge on any atom is 0.307 e. The Balaban J connectivity index is 1.77. The third-order valence-electron chi connectivity index (χ3n) is 5.56. The van der Waals surface area contributed by atoms with Gasteiger partial charge in [-0.05, 0) is 30.5 Å². The maximum absolute atomic E-state index is 13.4. The summed E-state index contributed by atoms with van der Waals surface area (Å²) in [5.41, 5.74) is 1.19. The molecule has 1 aliphatic rings. The molecule has 0 saturated carbocycles. The van der Waals surface area contributed by atoms with Gasteiger partial charge in [-0.1, -0.05) is 54.2 Å². The van der Waals surface area contributed by atoms with Crippen molar-refractivity contribution in [3.8, 4) is 0 Å². The maximum atomic E-state index is 13.4. The molecule has 0 aliphatic carbocycles. The molecule has 1 aliphatic heterocycles. The average molecular weight is 452 g/mol. The minimum atomic E-state index is -0.535. The third kappa shape index (κ3) is 4.70. The summed E-state index contributed by atoms with van der Waals surface area (Å²) in [6.45, 7) is 1.61. The number of fused-ring (bicyclic) bond motifs is 1. The van der Waals surface area contributed by atoms with Crippen LogP contribution in [0.25, 0.3) is 10.9 Å². The monoisotopic (exact) mass is 451 g/mol. The summed E-state index contributed by atoms with van der Waals surface area (Å²) in [7, 11) is 1.32. The van der Waals surface area contributed by atoms with Crippen molar-refractivity contribution in [2.75, 3.05) is 20.2 Å². The zero-order valence-electron chi connectivity index (χ0n) is 17.9. The average Bonchev–Trinajstić information content (AvgIpc) is 3.37. The number of carbonyl (C=O) groups excluding carboxylic acids is 2. The molecule has 1 fully saturated rings. The molecule has 7 nitrogen and oxygen atoms in total. The largest absolute Gasteiger partial charge is 0.469 e. The van der Waals surface area contributed by atoms with Gasteiger partial charge in [-0.25, -0.2) is 4.98 Å². The molecule has 4 rings (SSSR count). The van der Waals surface area contributed by atoms with Crippen molar-refractivity contribution in [3.05, 3.63) is 70.5 Å². The van der Waals surface area contributed by atoms with Crippen molar-refractivity contribution < 1.29 is 14.3 Å². The highest BCUT2D eigenvalue weighted by Gasteiger charge is 2.30. The van der Waals surface area contributed by atoms with E-state index in [1.807, 2.05) is 41.3 Å². The highest BCUT2D eigenvalue weighted by Crippen LogP contribution is 2.36. The van der Waals surface area contributed by atoms with Gasteiger partial charge >= 0.3 is 5.97 Å². The molecule has 0 unspecified atom stereocenters. The summed E-state index contributed by atoms with van der Waals surface area (Å²) in [4.78, 5) is 45.1. The molecule has 0 spiro atoms. The molecular formula is C24H25N3O4S. The predicted molar refractivity (Wildman–Crippen MR) is 123 cm³/mol. The van der Waals surface area contributed by atoms with Crippen LogP contribution in [0, 0.1) is 0 Å². The summed E-state index contributed by atoms with van der Waals surface area (Å²) in [6, 6.07) is 16.7. The SMILES string of the molecule is COC(=O)CCn1c(S[C@@H](C(=O)N2CCCC2)c2ccccc2)nc2ccccc2c1=O. The minimum Gasteiger partial charge on any atom is -0.469 e. The van der Waals surface area contributed by atoms with Crippen molar-refractivity contribution in [1.82, 2.24) is 14.5 Å². The Bertz CT molecular complexity index is 1170. The minimum absolute atomic E-state index is 0.0145. The predicted octanol–water partition coefficient (Wildman–Crippen LogP) is 3.42. The highest BCUT2D eigenvalue weighted by atomic mass is 32.2. The van der Waals surface area contributed by atoms with Crippen LogP contribution in [0.5, 0.6) is 0 Å². The van der Waals surface area contributed by atoms with Crippen molar-refractivity contribution in [2.45, 2.75) is 36.2 Å². The summed E-state index contributed by atoms with van der Waals surface area (Å²) in [6.07, 6.45) is 2.03. The fourth-order valence-electron chi connectivity index (χ4n) is 3.84. The molecule has 2 aromatic carbocycles. The number of methoxy groups -OCH3 is 1. The molecule has 0 radical (unpaired) electrons. The Morgan fingerprint density at radius 3 is 2.47 bits per heavy atom. The molecule has 166 valence electrons. The van der Waals surface area contributed by atoms with E-state index in [-0.39, 0.29) is 24.4 Å². The van der Waals surface area contributed by atoms with Crippen molar-refractivity contribution in [3.63, 3.8) is 0 Å². The molecule has 0 bridgehead atoms. The van der Waals surface area contributed by atoms with E-state index in [1.165, 1.54) is 23.4 Å². The van der Waals surface area contributed by atoms with Gasteiger partial charge in [0.15, 0.2) is 5.16 Å². The zero-order valence-corrected chi connectivity index (χ0v) is 18.7. The van der Waals surface area contributed by atoms with Gasteiger partial charge in [0.2, 0.25) is 5.91 Å². The van der Waals surface area contributed by atoms with Crippen molar-refractivity contribution >= 4 is 34.5 Å². The van der Waals surface area contributed by atoms with Crippen LogP contribution in [0.4, 0.5) is 0 Å². The molecule has 2 heterocycles. The van der Waals surface area contributed by atoms with E-state index in [4.69, 9.17) is 9.72 Å². The van der Waals surface area contributed by atoms with Crippen LogP contribution < -0.4 is 5.56 Å². The second-order valence-corrected chi connectivity index (χ2v) is 8.71. The lowest BCUT2D eigenvalue weighted by Gasteiger charge is -2.24. The second kappa shape index (κ2) is 9.99. The molecule has 1 aromatic heterocycles. The van der Waals surface area contributed by atoms with E-state index in [1.54, 1.807) is 18.2 Å². The normalized spacial score (nSPS) is 14.5. The van der Waals surface area contributed by atoms with E-state index in [9.17, 15) is 14.4 Å². The third-order valence-corrected chi connectivity index (χ3v) is 6.79. The van der Waals surface area contributed by atoms with Gasteiger partial charge in [0.1, 0.15) is 5.25 Å². The second-order valence-electron chi connectivity index (χ2n) is 7.64. The highest BCUT2D eigenvalue weighted by molar-refractivity contribution is 8.00. The quantitative estimate of drug-likeness (QED) is 0.311. The lowest BCUT2D eigenvalue weighted by atomic mass is 10.1. The van der Waals surface area contributed by atoms with E-state index < -0.39 is 11.2 Å². The number of rotatable bonds is 7. The fraction of sp³-hybridized carbons (Fsp3) is 0.333. The van der Waals surface area contributed by atoms with Crippen LogP contribution in [-0.2, 0) is 20.9 Å². The zero-order chi connectivity index (χ0) is 22.5. The first-order valence-corrected chi connectivity index (χ1v) is 11.5. The van der Waals surface area contributed by atoms with E-state index in [0.717, 1.165) is 31.5 Å². The summed E-state index contributed by atoms with van der Waals surface area (Å²) >= 11 is 1.26. The molecule has 8 heteroatoms. The number of nitrogens with zero attached hydrogens (tertiary/aromatic N) is 3. The van der Waals surface area contributed by atoms with Gasteiger partial charge < -0.3 is 9.64 Å². The Morgan fingerprint density at radius 2 is 1.75 bits per heavy atom. The molecule has 3 aromatic rings. The lowest BCUT2D eigenvalue weighted by Crippen LogP contribution is -2.32. The number of carbonyl (C=O) groups is 2. The van der Waals surface area contributed by atoms with Crippen molar-refractivity contribution in [2.24, 2.45) is 0 Å². The fourth-order valence-corrected chi connectivity index (χ4v) is 5.04. The van der Waals surface area contributed by atoms with Crippen LogP contribution in [-0.4, -0.2) is 46.5 Å². The molecular weight excluding hydrogens is 426 g/mol. The Morgan fingerprint density at radius 1 is 1.06 bits per heavy atom. The molecule has 1 saturated heterocycles. The number of ether oxygens (including phenoxy) is 1. The number of likely N-dealkylation sites (tertiary alicyclic amines) is 1. The molecule has 32 heavy (non-hydrogen) atoms.